The van der Waals surface area contributed by atoms with E-state index >= 15 is 0 Å². The zero-order valence-corrected chi connectivity index (χ0v) is 15.5. The highest BCUT2D eigenvalue weighted by Crippen LogP contribution is 2.10. The standard InChI is InChI=1S/C18H19N5O3S/c1-2-23-17(26)13-5-3-4-6-14(13)20-18(23)22-21-15(24)7-9-19-16(25)12-8-10-27-11-12/h3-6,8,10-11H,2,7,9H2,1H3,(H,19,25)(H,20,22)(H,21,24). The van der Waals surface area contributed by atoms with E-state index in [4.69, 9.17) is 0 Å². The maximum atomic E-state index is 12.5. The van der Waals surface area contributed by atoms with Crippen LogP contribution in [0.5, 0.6) is 0 Å². The number of fused-ring (bicyclic) bond motifs is 1. The van der Waals surface area contributed by atoms with E-state index in [0.717, 1.165) is 0 Å². The molecule has 0 bridgehead atoms. The van der Waals surface area contributed by atoms with Gasteiger partial charge >= 0.3 is 0 Å². The third-order valence-corrected chi connectivity index (χ3v) is 4.60. The summed E-state index contributed by atoms with van der Waals surface area (Å²) in [5, 5.41) is 6.76. The SMILES string of the molecule is CCn1c(NNC(=O)CCNC(=O)c2ccsc2)nc2ccccc2c1=O. The Bertz CT molecular complexity index is 1010. The van der Waals surface area contributed by atoms with Crippen LogP contribution in [0.1, 0.15) is 23.7 Å². The van der Waals surface area contributed by atoms with Gasteiger partial charge < -0.3 is 5.32 Å². The quantitative estimate of drug-likeness (QED) is 0.537. The molecule has 0 spiro atoms. The average Bonchev–Trinajstić information content (AvgIpc) is 3.21. The summed E-state index contributed by atoms with van der Waals surface area (Å²) in [5.74, 6) is -0.282. The highest BCUT2D eigenvalue weighted by molar-refractivity contribution is 7.08. The summed E-state index contributed by atoms with van der Waals surface area (Å²) in [6.45, 7) is 2.43. The van der Waals surface area contributed by atoms with Gasteiger partial charge in [-0.3, -0.25) is 29.8 Å². The molecule has 0 aliphatic rings. The minimum atomic E-state index is -0.328. The van der Waals surface area contributed by atoms with Gasteiger partial charge in [0.15, 0.2) is 0 Å². The molecule has 0 saturated heterocycles. The van der Waals surface area contributed by atoms with Gasteiger partial charge in [0.2, 0.25) is 11.9 Å². The van der Waals surface area contributed by atoms with Gasteiger partial charge in [0.25, 0.3) is 11.5 Å². The molecule has 8 nitrogen and oxygen atoms in total. The molecule has 0 radical (unpaired) electrons. The molecule has 0 aliphatic carbocycles. The number of benzene rings is 1. The van der Waals surface area contributed by atoms with E-state index < -0.39 is 0 Å². The van der Waals surface area contributed by atoms with E-state index in [2.05, 4.69) is 21.2 Å². The Kier molecular flexibility index (Phi) is 5.82. The third-order valence-electron chi connectivity index (χ3n) is 3.91. The second-order valence-corrected chi connectivity index (χ2v) is 6.47. The Morgan fingerprint density at radius 1 is 1.22 bits per heavy atom. The van der Waals surface area contributed by atoms with Crippen LogP contribution >= 0.6 is 11.3 Å². The normalized spacial score (nSPS) is 10.6. The fourth-order valence-electron chi connectivity index (χ4n) is 2.53. The van der Waals surface area contributed by atoms with Crippen LogP contribution in [0.4, 0.5) is 5.95 Å². The molecule has 1 aromatic carbocycles. The van der Waals surface area contributed by atoms with Crippen molar-refractivity contribution in [3.8, 4) is 0 Å². The number of rotatable bonds is 7. The van der Waals surface area contributed by atoms with Crippen molar-refractivity contribution in [3.05, 3.63) is 57.0 Å². The van der Waals surface area contributed by atoms with Crippen LogP contribution in [0.2, 0.25) is 0 Å². The third kappa shape index (κ3) is 4.32. The molecule has 27 heavy (non-hydrogen) atoms. The molecule has 0 saturated carbocycles. The second kappa shape index (κ2) is 8.45. The van der Waals surface area contributed by atoms with Crippen molar-refractivity contribution in [3.63, 3.8) is 0 Å². The molecule has 0 atom stereocenters. The van der Waals surface area contributed by atoms with Crippen LogP contribution in [0, 0.1) is 0 Å². The Balaban J connectivity index is 1.58. The summed E-state index contributed by atoms with van der Waals surface area (Å²) in [5.41, 5.74) is 6.16. The van der Waals surface area contributed by atoms with Gasteiger partial charge in [-0.15, -0.1) is 0 Å². The molecule has 9 heteroatoms. The molecule has 2 heterocycles. The summed E-state index contributed by atoms with van der Waals surface area (Å²) in [4.78, 5) is 40.7. The zero-order valence-electron chi connectivity index (χ0n) is 14.7. The van der Waals surface area contributed by atoms with Crippen molar-refractivity contribution < 1.29 is 9.59 Å². The lowest BCUT2D eigenvalue weighted by molar-refractivity contribution is -0.120. The average molecular weight is 385 g/mol. The molecule has 140 valence electrons. The predicted molar refractivity (Wildman–Crippen MR) is 105 cm³/mol. The number of hydrogen-bond donors (Lipinski definition) is 3. The van der Waals surface area contributed by atoms with Crippen molar-refractivity contribution in [1.29, 1.82) is 0 Å². The molecule has 2 amide bonds. The fourth-order valence-corrected chi connectivity index (χ4v) is 3.17. The number of carbonyl (C=O) groups excluding carboxylic acids is 2. The van der Waals surface area contributed by atoms with Crippen LogP contribution in [-0.2, 0) is 11.3 Å². The predicted octanol–water partition coefficient (Wildman–Crippen LogP) is 1.74. The highest BCUT2D eigenvalue weighted by Gasteiger charge is 2.11. The largest absolute Gasteiger partial charge is 0.351 e. The van der Waals surface area contributed by atoms with Crippen LogP contribution in [0.25, 0.3) is 10.9 Å². The van der Waals surface area contributed by atoms with Gasteiger partial charge in [0.1, 0.15) is 0 Å². The van der Waals surface area contributed by atoms with Crippen molar-refractivity contribution in [2.24, 2.45) is 0 Å². The van der Waals surface area contributed by atoms with Crippen LogP contribution in [-0.4, -0.2) is 27.9 Å². The summed E-state index contributed by atoms with van der Waals surface area (Å²) in [7, 11) is 0. The number of nitrogens with one attached hydrogen (secondary N) is 3. The van der Waals surface area contributed by atoms with Crippen molar-refractivity contribution >= 4 is 40.0 Å². The minimum Gasteiger partial charge on any atom is -0.351 e. The highest BCUT2D eigenvalue weighted by atomic mass is 32.1. The van der Waals surface area contributed by atoms with Gasteiger partial charge in [-0.2, -0.15) is 11.3 Å². The lowest BCUT2D eigenvalue weighted by Crippen LogP contribution is -2.36. The Morgan fingerprint density at radius 3 is 2.78 bits per heavy atom. The molecule has 0 unspecified atom stereocenters. The molecule has 3 rings (SSSR count). The Hall–Kier alpha value is -3.20. The molecule has 3 aromatic rings. The van der Waals surface area contributed by atoms with Crippen LogP contribution in [0.3, 0.4) is 0 Å². The number of para-hydroxylation sites is 1. The Labute approximate surface area is 159 Å². The lowest BCUT2D eigenvalue weighted by Gasteiger charge is -2.14. The van der Waals surface area contributed by atoms with Gasteiger partial charge in [0.05, 0.1) is 10.9 Å². The maximum absolute atomic E-state index is 12.5. The summed E-state index contributed by atoms with van der Waals surface area (Å²) in [6.07, 6.45) is 0.0901. The molecular formula is C18H19N5O3S. The topological polar surface area (TPSA) is 105 Å². The molecular weight excluding hydrogens is 366 g/mol. The minimum absolute atomic E-state index is 0.0901. The first-order chi connectivity index (χ1) is 13.1. The van der Waals surface area contributed by atoms with Gasteiger partial charge in [-0.1, -0.05) is 12.1 Å². The van der Waals surface area contributed by atoms with Gasteiger partial charge in [-0.25, -0.2) is 4.98 Å². The number of hydrogen-bond acceptors (Lipinski definition) is 6. The summed E-state index contributed by atoms with van der Waals surface area (Å²) in [6, 6.07) is 8.75. The molecule has 3 N–H and O–H groups in total. The van der Waals surface area contributed by atoms with Crippen molar-refractivity contribution in [2.75, 3.05) is 12.0 Å². The molecule has 0 aliphatic heterocycles. The van der Waals surface area contributed by atoms with Crippen LogP contribution in [0.15, 0.2) is 45.9 Å². The number of carbonyl (C=O) groups is 2. The monoisotopic (exact) mass is 385 g/mol. The summed E-state index contributed by atoms with van der Waals surface area (Å²) >= 11 is 1.43. The smallest absolute Gasteiger partial charge is 0.262 e. The molecule has 2 aromatic heterocycles. The number of amides is 2. The zero-order chi connectivity index (χ0) is 19.2. The first-order valence-corrected chi connectivity index (χ1v) is 9.39. The van der Waals surface area contributed by atoms with Crippen molar-refractivity contribution in [2.45, 2.75) is 19.9 Å². The van der Waals surface area contributed by atoms with E-state index in [-0.39, 0.29) is 36.3 Å². The first-order valence-electron chi connectivity index (χ1n) is 8.45. The van der Waals surface area contributed by atoms with E-state index in [1.165, 1.54) is 15.9 Å². The number of anilines is 1. The van der Waals surface area contributed by atoms with E-state index in [1.807, 2.05) is 12.3 Å². The number of hydrazine groups is 1. The number of nitrogens with zero attached hydrogens (tertiary/aromatic N) is 2. The van der Waals surface area contributed by atoms with Crippen LogP contribution < -0.4 is 21.7 Å². The summed E-state index contributed by atoms with van der Waals surface area (Å²) < 4.78 is 1.45. The van der Waals surface area contributed by atoms with Gasteiger partial charge in [-0.05, 0) is 30.5 Å². The van der Waals surface area contributed by atoms with Gasteiger partial charge in [0, 0.05) is 30.5 Å². The molecule has 0 fully saturated rings. The lowest BCUT2D eigenvalue weighted by atomic mass is 10.2. The van der Waals surface area contributed by atoms with E-state index in [9.17, 15) is 14.4 Å². The second-order valence-electron chi connectivity index (χ2n) is 5.69. The maximum Gasteiger partial charge on any atom is 0.262 e. The Morgan fingerprint density at radius 2 is 2.04 bits per heavy atom. The number of aromatic nitrogens is 2. The number of thiophene rings is 1. The van der Waals surface area contributed by atoms with Crippen molar-refractivity contribution in [1.82, 2.24) is 20.3 Å². The van der Waals surface area contributed by atoms with E-state index in [1.54, 1.807) is 35.7 Å². The van der Waals surface area contributed by atoms with E-state index in [0.29, 0.717) is 23.0 Å². The fraction of sp³-hybridized carbons (Fsp3) is 0.222. The first kappa shape index (κ1) is 18.6.